The molecule has 5 heteroatoms. The van der Waals surface area contributed by atoms with Gasteiger partial charge < -0.3 is 10.5 Å². The van der Waals surface area contributed by atoms with E-state index in [0.29, 0.717) is 5.92 Å². The summed E-state index contributed by atoms with van der Waals surface area (Å²) < 4.78 is 41.3. The number of hydrogen-bond acceptors (Lipinski definition) is 2. The van der Waals surface area contributed by atoms with Crippen molar-refractivity contribution in [2.75, 3.05) is 0 Å². The Morgan fingerprint density at radius 1 is 1.23 bits per heavy atom. The second-order valence-electron chi connectivity index (χ2n) is 6.51. The first-order chi connectivity index (χ1) is 10.2. The minimum atomic E-state index is -4.65. The van der Waals surface area contributed by atoms with Crippen molar-refractivity contribution >= 4 is 0 Å². The van der Waals surface area contributed by atoms with Gasteiger partial charge in [-0.1, -0.05) is 19.9 Å². The smallest absolute Gasteiger partial charge is 0.406 e. The molecule has 1 unspecified atom stereocenters. The summed E-state index contributed by atoms with van der Waals surface area (Å²) in [4.78, 5) is 0. The molecule has 0 aliphatic heterocycles. The van der Waals surface area contributed by atoms with E-state index in [2.05, 4.69) is 4.74 Å². The molecule has 0 bridgehead atoms. The van der Waals surface area contributed by atoms with Gasteiger partial charge in [0.1, 0.15) is 5.75 Å². The van der Waals surface area contributed by atoms with Crippen molar-refractivity contribution in [3.63, 3.8) is 0 Å². The monoisotopic (exact) mass is 315 g/mol. The van der Waals surface area contributed by atoms with Crippen molar-refractivity contribution < 1.29 is 17.9 Å². The number of alkyl halides is 3. The van der Waals surface area contributed by atoms with E-state index >= 15 is 0 Å². The Bertz CT molecular complexity index is 495. The fraction of sp³-hybridized carbons (Fsp3) is 0.647. The van der Waals surface area contributed by atoms with Gasteiger partial charge in [0.05, 0.1) is 0 Å². The number of hydrogen-bond donors (Lipinski definition) is 1. The van der Waals surface area contributed by atoms with Gasteiger partial charge in [-0.3, -0.25) is 0 Å². The van der Waals surface area contributed by atoms with Gasteiger partial charge in [0.2, 0.25) is 0 Å². The molecule has 2 rings (SSSR count). The normalized spacial score (nSPS) is 16.9. The van der Waals surface area contributed by atoms with E-state index in [0.717, 1.165) is 30.4 Å². The Morgan fingerprint density at radius 3 is 2.45 bits per heavy atom. The van der Waals surface area contributed by atoms with Crippen LogP contribution in [0.4, 0.5) is 13.2 Å². The van der Waals surface area contributed by atoms with Gasteiger partial charge in [-0.25, -0.2) is 0 Å². The largest absolute Gasteiger partial charge is 0.573 e. The molecule has 1 aromatic rings. The molecule has 124 valence electrons. The van der Waals surface area contributed by atoms with Crippen LogP contribution in [-0.4, -0.2) is 12.4 Å². The number of benzene rings is 1. The van der Waals surface area contributed by atoms with E-state index in [-0.39, 0.29) is 17.7 Å². The summed E-state index contributed by atoms with van der Waals surface area (Å²) in [6.07, 6.45) is 0.328. The van der Waals surface area contributed by atoms with E-state index in [1.165, 1.54) is 25.0 Å². The first-order valence-corrected chi connectivity index (χ1v) is 7.90. The fourth-order valence-electron chi connectivity index (χ4n) is 2.66. The van der Waals surface area contributed by atoms with Gasteiger partial charge in [0.25, 0.3) is 0 Å². The number of aryl methyl sites for hydroxylation is 1. The van der Waals surface area contributed by atoms with Crippen LogP contribution in [0.5, 0.6) is 5.75 Å². The van der Waals surface area contributed by atoms with E-state index < -0.39 is 6.36 Å². The highest BCUT2D eigenvalue weighted by molar-refractivity contribution is 5.36. The third-order valence-electron chi connectivity index (χ3n) is 4.12. The van der Waals surface area contributed by atoms with Gasteiger partial charge in [-0.05, 0) is 67.2 Å². The average Bonchev–Trinajstić information content (AvgIpc) is 3.20. The highest BCUT2D eigenvalue weighted by atomic mass is 19.4. The topological polar surface area (TPSA) is 35.2 Å². The van der Waals surface area contributed by atoms with Crippen LogP contribution in [0.15, 0.2) is 18.2 Å². The van der Waals surface area contributed by atoms with Crippen molar-refractivity contribution in [2.24, 2.45) is 11.7 Å². The predicted molar refractivity (Wildman–Crippen MR) is 80.9 cm³/mol. The average molecular weight is 315 g/mol. The molecule has 0 aromatic heterocycles. The quantitative estimate of drug-likeness (QED) is 0.786. The summed E-state index contributed by atoms with van der Waals surface area (Å²) >= 11 is 0. The van der Waals surface area contributed by atoms with Crippen LogP contribution in [0, 0.1) is 5.92 Å². The highest BCUT2D eigenvalue weighted by Crippen LogP contribution is 2.34. The molecule has 1 fully saturated rings. The van der Waals surface area contributed by atoms with Gasteiger partial charge >= 0.3 is 6.36 Å². The Labute approximate surface area is 129 Å². The third kappa shape index (κ3) is 5.52. The second kappa shape index (κ2) is 6.90. The third-order valence-corrected chi connectivity index (χ3v) is 4.12. The standard InChI is InChI=1S/C17H24F3NO/c1-11(2)14-8-12(4-3-5-16(21)13-6-7-13)9-15(10-14)22-17(18,19)20/h8-11,13,16H,3-7,21H2,1-2H3. The van der Waals surface area contributed by atoms with Crippen LogP contribution in [0.1, 0.15) is 56.6 Å². The molecule has 1 aromatic carbocycles. The zero-order chi connectivity index (χ0) is 16.3. The lowest BCUT2D eigenvalue weighted by Gasteiger charge is -2.15. The van der Waals surface area contributed by atoms with E-state index in [4.69, 9.17) is 5.73 Å². The molecule has 2 N–H and O–H groups in total. The predicted octanol–water partition coefficient (Wildman–Crippen LogP) is 4.77. The minimum absolute atomic E-state index is 0.125. The lowest BCUT2D eigenvalue weighted by atomic mass is 9.97. The van der Waals surface area contributed by atoms with Gasteiger partial charge in [-0.15, -0.1) is 13.2 Å². The molecular formula is C17H24F3NO. The molecule has 0 radical (unpaired) electrons. The number of rotatable bonds is 7. The summed E-state index contributed by atoms with van der Waals surface area (Å²) in [5, 5.41) is 0. The van der Waals surface area contributed by atoms with Crippen LogP contribution in [0.2, 0.25) is 0 Å². The number of nitrogens with two attached hydrogens (primary N) is 1. The number of halogens is 3. The van der Waals surface area contributed by atoms with Crippen molar-refractivity contribution in [1.82, 2.24) is 0 Å². The molecule has 0 amide bonds. The van der Waals surface area contributed by atoms with Crippen LogP contribution >= 0.6 is 0 Å². The molecule has 1 aliphatic rings. The van der Waals surface area contributed by atoms with Crippen molar-refractivity contribution in [3.05, 3.63) is 29.3 Å². The number of ether oxygens (including phenoxy) is 1. The first-order valence-electron chi connectivity index (χ1n) is 7.90. The van der Waals surface area contributed by atoms with Gasteiger partial charge in [0, 0.05) is 6.04 Å². The van der Waals surface area contributed by atoms with Gasteiger partial charge in [0.15, 0.2) is 0 Å². The second-order valence-corrected chi connectivity index (χ2v) is 6.51. The summed E-state index contributed by atoms with van der Waals surface area (Å²) in [6, 6.07) is 5.16. The molecule has 1 aliphatic carbocycles. The Balaban J connectivity index is 2.01. The summed E-state index contributed by atoms with van der Waals surface area (Å²) in [5.41, 5.74) is 7.81. The van der Waals surface area contributed by atoms with Crippen LogP contribution < -0.4 is 10.5 Å². The van der Waals surface area contributed by atoms with Crippen LogP contribution in [0.3, 0.4) is 0 Å². The van der Waals surface area contributed by atoms with Crippen molar-refractivity contribution in [2.45, 2.75) is 64.3 Å². The fourth-order valence-corrected chi connectivity index (χ4v) is 2.66. The Hall–Kier alpha value is -1.23. The maximum Gasteiger partial charge on any atom is 0.573 e. The molecule has 0 heterocycles. The van der Waals surface area contributed by atoms with Crippen molar-refractivity contribution in [1.29, 1.82) is 0 Å². The molecule has 22 heavy (non-hydrogen) atoms. The van der Waals surface area contributed by atoms with E-state index in [9.17, 15) is 13.2 Å². The lowest BCUT2D eigenvalue weighted by molar-refractivity contribution is -0.274. The summed E-state index contributed by atoms with van der Waals surface area (Å²) in [6.45, 7) is 3.92. The lowest BCUT2D eigenvalue weighted by Crippen LogP contribution is -2.22. The molecule has 1 atom stereocenters. The Kier molecular flexibility index (Phi) is 5.37. The van der Waals surface area contributed by atoms with Gasteiger partial charge in [-0.2, -0.15) is 0 Å². The van der Waals surface area contributed by atoms with E-state index in [1.54, 1.807) is 0 Å². The molecule has 0 saturated heterocycles. The summed E-state index contributed by atoms with van der Waals surface area (Å²) in [7, 11) is 0. The maximum atomic E-state index is 12.4. The van der Waals surface area contributed by atoms with E-state index in [1.807, 2.05) is 19.9 Å². The van der Waals surface area contributed by atoms with Crippen LogP contribution in [0.25, 0.3) is 0 Å². The summed E-state index contributed by atoms with van der Waals surface area (Å²) in [5.74, 6) is 0.690. The van der Waals surface area contributed by atoms with Crippen molar-refractivity contribution in [3.8, 4) is 5.75 Å². The molecular weight excluding hydrogens is 291 g/mol. The Morgan fingerprint density at radius 2 is 1.91 bits per heavy atom. The minimum Gasteiger partial charge on any atom is -0.406 e. The zero-order valence-corrected chi connectivity index (χ0v) is 13.1. The first kappa shape index (κ1) is 17.1. The SMILES string of the molecule is CC(C)c1cc(CCCC(N)C2CC2)cc(OC(F)(F)F)c1. The molecule has 0 spiro atoms. The van der Waals surface area contributed by atoms with Crippen LogP contribution in [-0.2, 0) is 6.42 Å². The zero-order valence-electron chi connectivity index (χ0n) is 13.1. The molecule has 1 saturated carbocycles. The molecule has 2 nitrogen and oxygen atoms in total. The highest BCUT2D eigenvalue weighted by Gasteiger charge is 2.31. The maximum absolute atomic E-state index is 12.4.